The van der Waals surface area contributed by atoms with E-state index in [1.807, 2.05) is 0 Å². The number of nitrogens with one attached hydrogen (secondary N) is 2. The molecule has 1 fully saturated rings. The second-order valence-electron chi connectivity index (χ2n) is 5.77. The number of urea groups is 2. The van der Waals surface area contributed by atoms with Crippen LogP contribution in [0.25, 0.3) is 0 Å². The average molecular weight is 350 g/mol. The van der Waals surface area contributed by atoms with Gasteiger partial charge in [-0.1, -0.05) is 0 Å². The number of benzene rings is 1. The molecular formula is C15H18N4O4S. The fraction of sp³-hybridized carbons (Fsp3) is 0.333. The number of sulfone groups is 1. The fourth-order valence-corrected chi connectivity index (χ4v) is 3.85. The van der Waals surface area contributed by atoms with Gasteiger partial charge in [0, 0.05) is 36.9 Å². The number of carbonyl (C=O) groups is 2. The van der Waals surface area contributed by atoms with E-state index in [9.17, 15) is 18.0 Å². The molecule has 4 amide bonds. The first kappa shape index (κ1) is 16.3. The van der Waals surface area contributed by atoms with Crippen LogP contribution in [0.1, 0.15) is 0 Å². The average Bonchev–Trinajstić information content (AvgIpc) is 3.03. The van der Waals surface area contributed by atoms with Crippen LogP contribution in [0.3, 0.4) is 0 Å². The molecule has 0 spiro atoms. The van der Waals surface area contributed by atoms with Gasteiger partial charge in [0.25, 0.3) is 0 Å². The zero-order chi connectivity index (χ0) is 17.3. The van der Waals surface area contributed by atoms with Gasteiger partial charge in [-0.2, -0.15) is 0 Å². The fourth-order valence-electron chi connectivity index (χ4n) is 2.61. The summed E-state index contributed by atoms with van der Waals surface area (Å²) < 4.78 is 22.6. The second-order valence-corrected chi connectivity index (χ2v) is 7.70. The number of hydrogen-bond donors (Lipinski definition) is 2. The van der Waals surface area contributed by atoms with Gasteiger partial charge in [-0.15, -0.1) is 0 Å². The molecule has 8 nitrogen and oxygen atoms in total. The predicted molar refractivity (Wildman–Crippen MR) is 90.7 cm³/mol. The number of anilines is 2. The number of carbonyl (C=O) groups excluding carboxylic acids is 2. The van der Waals surface area contributed by atoms with Crippen molar-refractivity contribution in [3.63, 3.8) is 0 Å². The van der Waals surface area contributed by atoms with Crippen LogP contribution in [-0.4, -0.2) is 57.3 Å². The summed E-state index contributed by atoms with van der Waals surface area (Å²) >= 11 is 0. The first-order chi connectivity index (χ1) is 11.3. The monoisotopic (exact) mass is 350 g/mol. The van der Waals surface area contributed by atoms with Gasteiger partial charge in [-0.25, -0.2) is 18.0 Å². The van der Waals surface area contributed by atoms with E-state index in [1.165, 1.54) is 6.08 Å². The molecule has 1 saturated heterocycles. The maximum absolute atomic E-state index is 11.9. The SMILES string of the molecule is CN1CCN(c2ccc(NC(=O)NC3C=CS(=O)(=O)C3)cc2)C1=O. The molecule has 0 radical (unpaired) electrons. The highest BCUT2D eigenvalue weighted by Gasteiger charge is 2.26. The Labute approximate surface area is 140 Å². The molecule has 2 aliphatic heterocycles. The minimum atomic E-state index is -3.20. The van der Waals surface area contributed by atoms with Crippen LogP contribution in [-0.2, 0) is 9.84 Å². The molecule has 1 aromatic rings. The summed E-state index contributed by atoms with van der Waals surface area (Å²) in [6.45, 7) is 1.31. The summed E-state index contributed by atoms with van der Waals surface area (Å²) in [5.41, 5.74) is 1.32. The van der Waals surface area contributed by atoms with Crippen LogP contribution in [0, 0.1) is 0 Å². The number of hydrogen-bond acceptors (Lipinski definition) is 4. The van der Waals surface area contributed by atoms with Crippen molar-refractivity contribution in [2.45, 2.75) is 6.04 Å². The number of rotatable bonds is 3. The van der Waals surface area contributed by atoms with E-state index in [0.717, 1.165) is 11.1 Å². The molecule has 2 N–H and O–H groups in total. The highest BCUT2D eigenvalue weighted by atomic mass is 32.2. The number of nitrogens with zero attached hydrogens (tertiary/aromatic N) is 2. The quantitative estimate of drug-likeness (QED) is 0.849. The van der Waals surface area contributed by atoms with Crippen molar-refractivity contribution in [1.82, 2.24) is 10.2 Å². The molecule has 0 aromatic heterocycles. The molecule has 0 aliphatic carbocycles. The van der Waals surface area contributed by atoms with Gasteiger partial charge < -0.3 is 15.5 Å². The van der Waals surface area contributed by atoms with Crippen molar-refractivity contribution >= 4 is 33.3 Å². The largest absolute Gasteiger partial charge is 0.331 e. The normalized spacial score (nSPS) is 22.0. The molecule has 0 saturated carbocycles. The molecule has 1 aromatic carbocycles. The summed E-state index contributed by atoms with van der Waals surface area (Å²) in [6.07, 6.45) is 1.45. The second kappa shape index (κ2) is 6.16. The van der Waals surface area contributed by atoms with Crippen molar-refractivity contribution in [1.29, 1.82) is 0 Å². The van der Waals surface area contributed by atoms with Crippen molar-refractivity contribution in [2.75, 3.05) is 36.1 Å². The molecular weight excluding hydrogens is 332 g/mol. The molecule has 2 heterocycles. The minimum Gasteiger partial charge on any atom is -0.331 e. The summed E-state index contributed by atoms with van der Waals surface area (Å²) in [5, 5.41) is 6.33. The number of amides is 4. The topological polar surface area (TPSA) is 98.8 Å². The third-order valence-electron chi connectivity index (χ3n) is 3.90. The summed E-state index contributed by atoms with van der Waals surface area (Å²) in [4.78, 5) is 27.1. The van der Waals surface area contributed by atoms with E-state index in [-0.39, 0.29) is 11.8 Å². The van der Waals surface area contributed by atoms with Crippen LogP contribution >= 0.6 is 0 Å². The van der Waals surface area contributed by atoms with Gasteiger partial charge in [0.15, 0.2) is 9.84 Å². The lowest BCUT2D eigenvalue weighted by atomic mass is 10.2. The van der Waals surface area contributed by atoms with Gasteiger partial charge >= 0.3 is 12.1 Å². The van der Waals surface area contributed by atoms with Crippen LogP contribution in [0.2, 0.25) is 0 Å². The molecule has 3 rings (SSSR count). The van der Waals surface area contributed by atoms with Gasteiger partial charge in [0.05, 0.1) is 11.8 Å². The molecule has 2 aliphatic rings. The van der Waals surface area contributed by atoms with Crippen molar-refractivity contribution < 1.29 is 18.0 Å². The highest BCUT2D eigenvalue weighted by molar-refractivity contribution is 7.94. The Morgan fingerprint density at radius 2 is 1.92 bits per heavy atom. The van der Waals surface area contributed by atoms with Gasteiger partial charge in [-0.05, 0) is 30.3 Å². The van der Waals surface area contributed by atoms with E-state index < -0.39 is 21.9 Å². The van der Waals surface area contributed by atoms with Crippen molar-refractivity contribution in [3.05, 3.63) is 35.7 Å². The summed E-state index contributed by atoms with van der Waals surface area (Å²) in [5.74, 6) is -0.121. The zero-order valence-corrected chi connectivity index (χ0v) is 13.9. The smallest absolute Gasteiger partial charge is 0.324 e. The van der Waals surface area contributed by atoms with Crippen LogP contribution < -0.4 is 15.5 Å². The van der Waals surface area contributed by atoms with Crippen LogP contribution in [0.4, 0.5) is 21.0 Å². The third kappa shape index (κ3) is 3.51. The Bertz CT molecular complexity index is 788. The van der Waals surface area contributed by atoms with Gasteiger partial charge in [-0.3, -0.25) is 4.90 Å². The van der Waals surface area contributed by atoms with Crippen molar-refractivity contribution in [2.24, 2.45) is 0 Å². The van der Waals surface area contributed by atoms with Gasteiger partial charge in [0.2, 0.25) is 0 Å². The molecule has 128 valence electrons. The highest BCUT2D eigenvalue weighted by Crippen LogP contribution is 2.21. The van der Waals surface area contributed by atoms with E-state index in [1.54, 1.807) is 41.1 Å². The van der Waals surface area contributed by atoms with Crippen LogP contribution in [0.15, 0.2) is 35.7 Å². The molecule has 1 atom stereocenters. The minimum absolute atomic E-state index is 0.0531. The third-order valence-corrected chi connectivity index (χ3v) is 5.30. The lowest BCUT2D eigenvalue weighted by Gasteiger charge is -2.17. The summed E-state index contributed by atoms with van der Waals surface area (Å²) in [7, 11) is -1.45. The number of likely N-dealkylation sites (N-methyl/N-ethyl adjacent to an activating group) is 1. The standard InChI is InChI=1S/C15H18N4O4S/c1-18-7-8-19(15(18)21)13-4-2-11(3-5-13)16-14(20)17-12-6-9-24(22,23)10-12/h2-6,9,12H,7-8,10H2,1H3,(H2,16,17,20). The summed E-state index contributed by atoms with van der Waals surface area (Å²) in [6, 6.07) is 5.85. The Morgan fingerprint density at radius 1 is 1.21 bits per heavy atom. The molecule has 24 heavy (non-hydrogen) atoms. The Balaban J connectivity index is 1.57. The first-order valence-corrected chi connectivity index (χ1v) is 9.17. The van der Waals surface area contributed by atoms with E-state index >= 15 is 0 Å². The van der Waals surface area contributed by atoms with Crippen LogP contribution in [0.5, 0.6) is 0 Å². The zero-order valence-electron chi connectivity index (χ0n) is 13.1. The lowest BCUT2D eigenvalue weighted by molar-refractivity contribution is 0.229. The molecule has 9 heteroatoms. The maximum atomic E-state index is 11.9. The lowest BCUT2D eigenvalue weighted by Crippen LogP contribution is -2.38. The first-order valence-electron chi connectivity index (χ1n) is 7.45. The Hall–Kier alpha value is -2.55. The van der Waals surface area contributed by atoms with Crippen molar-refractivity contribution in [3.8, 4) is 0 Å². The Morgan fingerprint density at radius 3 is 2.46 bits per heavy atom. The van der Waals surface area contributed by atoms with E-state index in [4.69, 9.17) is 0 Å². The van der Waals surface area contributed by atoms with E-state index in [0.29, 0.717) is 18.8 Å². The van der Waals surface area contributed by atoms with E-state index in [2.05, 4.69) is 10.6 Å². The van der Waals surface area contributed by atoms with Gasteiger partial charge in [0.1, 0.15) is 0 Å². The maximum Gasteiger partial charge on any atom is 0.324 e. The molecule has 1 unspecified atom stereocenters. The predicted octanol–water partition coefficient (Wildman–Crippen LogP) is 0.991. The Kier molecular flexibility index (Phi) is 4.18. The molecule has 0 bridgehead atoms.